The van der Waals surface area contributed by atoms with Crippen LogP contribution in [0.4, 0.5) is 0 Å². The van der Waals surface area contributed by atoms with Crippen molar-refractivity contribution < 1.29 is 0 Å². The zero-order valence-electron chi connectivity index (χ0n) is 7.13. The molecule has 0 aliphatic rings. The lowest BCUT2D eigenvalue weighted by molar-refractivity contribution is 0.457. The zero-order valence-corrected chi connectivity index (χ0v) is 7.13. The Hall–Kier alpha value is -0.400. The SMILES string of the molecule is CC(C)CCC(C)CN=O. The van der Waals surface area contributed by atoms with Crippen LogP contribution in [0.1, 0.15) is 33.6 Å². The Labute approximate surface area is 63.0 Å². The average Bonchev–Trinajstić information content (AvgIpc) is 1.85. The fraction of sp³-hybridized carbons (Fsp3) is 1.00. The number of hydrogen-bond donors (Lipinski definition) is 0. The second-order valence-electron chi connectivity index (χ2n) is 3.39. The molecule has 0 amide bonds. The fourth-order valence-electron chi connectivity index (χ4n) is 0.836. The highest BCUT2D eigenvalue weighted by Gasteiger charge is 2.02. The first-order chi connectivity index (χ1) is 4.66. The van der Waals surface area contributed by atoms with E-state index in [1.807, 2.05) is 0 Å². The first kappa shape index (κ1) is 9.60. The molecular formula is C8H17NO. The minimum Gasteiger partial charge on any atom is -0.151 e. The molecule has 2 heteroatoms. The van der Waals surface area contributed by atoms with E-state index in [9.17, 15) is 4.91 Å². The summed E-state index contributed by atoms with van der Waals surface area (Å²) in [5, 5.41) is 2.86. The van der Waals surface area contributed by atoms with Gasteiger partial charge in [0.2, 0.25) is 0 Å². The molecule has 0 aromatic heterocycles. The highest BCUT2D eigenvalue weighted by molar-refractivity contribution is 4.57. The van der Waals surface area contributed by atoms with Crippen LogP contribution in [-0.2, 0) is 0 Å². The van der Waals surface area contributed by atoms with Gasteiger partial charge in [0, 0.05) is 0 Å². The van der Waals surface area contributed by atoms with E-state index in [2.05, 4.69) is 25.9 Å². The molecule has 10 heavy (non-hydrogen) atoms. The van der Waals surface area contributed by atoms with Crippen LogP contribution in [0.25, 0.3) is 0 Å². The normalized spacial score (nSPS) is 13.6. The molecule has 0 aliphatic heterocycles. The highest BCUT2D eigenvalue weighted by Crippen LogP contribution is 2.11. The second-order valence-corrected chi connectivity index (χ2v) is 3.39. The number of rotatable bonds is 5. The van der Waals surface area contributed by atoms with E-state index in [0.29, 0.717) is 12.5 Å². The summed E-state index contributed by atoms with van der Waals surface area (Å²) in [4.78, 5) is 9.81. The Balaban J connectivity index is 3.20. The zero-order chi connectivity index (χ0) is 7.98. The molecule has 0 saturated carbocycles. The van der Waals surface area contributed by atoms with E-state index < -0.39 is 0 Å². The second kappa shape index (κ2) is 5.39. The summed E-state index contributed by atoms with van der Waals surface area (Å²) >= 11 is 0. The molecule has 0 saturated heterocycles. The Morgan fingerprint density at radius 1 is 1.20 bits per heavy atom. The van der Waals surface area contributed by atoms with Crippen molar-refractivity contribution >= 4 is 0 Å². The maximum atomic E-state index is 9.81. The molecule has 0 spiro atoms. The van der Waals surface area contributed by atoms with Crippen molar-refractivity contribution in [1.29, 1.82) is 0 Å². The summed E-state index contributed by atoms with van der Waals surface area (Å²) in [5.74, 6) is 1.22. The lowest BCUT2D eigenvalue weighted by atomic mass is 10.00. The molecule has 0 bridgehead atoms. The lowest BCUT2D eigenvalue weighted by Gasteiger charge is -2.07. The number of nitrogens with zero attached hydrogens (tertiary/aromatic N) is 1. The fourth-order valence-corrected chi connectivity index (χ4v) is 0.836. The minimum absolute atomic E-state index is 0.472. The van der Waals surface area contributed by atoms with Crippen LogP contribution < -0.4 is 0 Å². The van der Waals surface area contributed by atoms with Gasteiger partial charge < -0.3 is 0 Å². The molecule has 0 aromatic rings. The van der Waals surface area contributed by atoms with Gasteiger partial charge in [-0.2, -0.15) is 4.91 Å². The first-order valence-electron chi connectivity index (χ1n) is 3.96. The van der Waals surface area contributed by atoms with E-state index in [-0.39, 0.29) is 0 Å². The van der Waals surface area contributed by atoms with Gasteiger partial charge in [-0.3, -0.25) is 0 Å². The van der Waals surface area contributed by atoms with Crippen molar-refractivity contribution in [2.24, 2.45) is 17.0 Å². The van der Waals surface area contributed by atoms with Gasteiger partial charge in [-0.05, 0) is 18.3 Å². The summed E-state index contributed by atoms with van der Waals surface area (Å²) in [6.45, 7) is 6.94. The van der Waals surface area contributed by atoms with Crippen molar-refractivity contribution in [3.63, 3.8) is 0 Å². The third-order valence-electron chi connectivity index (χ3n) is 1.62. The largest absolute Gasteiger partial charge is 0.151 e. The Morgan fingerprint density at radius 3 is 2.20 bits per heavy atom. The van der Waals surface area contributed by atoms with Gasteiger partial charge in [0.15, 0.2) is 0 Å². The predicted octanol–water partition coefficient (Wildman–Crippen LogP) is 2.83. The number of nitroso groups, excluding NO2 is 1. The third kappa shape index (κ3) is 5.73. The topological polar surface area (TPSA) is 29.4 Å². The van der Waals surface area contributed by atoms with Crippen LogP contribution in [0.2, 0.25) is 0 Å². The van der Waals surface area contributed by atoms with E-state index in [4.69, 9.17) is 0 Å². The minimum atomic E-state index is 0.472. The van der Waals surface area contributed by atoms with Crippen LogP contribution in [0.3, 0.4) is 0 Å². The van der Waals surface area contributed by atoms with Crippen LogP contribution in [0.15, 0.2) is 5.18 Å². The maximum Gasteiger partial charge on any atom is 0.0836 e. The molecule has 0 heterocycles. The van der Waals surface area contributed by atoms with Gasteiger partial charge >= 0.3 is 0 Å². The van der Waals surface area contributed by atoms with Crippen molar-refractivity contribution in [2.75, 3.05) is 6.54 Å². The molecule has 1 unspecified atom stereocenters. The van der Waals surface area contributed by atoms with Crippen molar-refractivity contribution in [3.05, 3.63) is 4.91 Å². The standard InChI is InChI=1S/C8H17NO/c1-7(2)4-5-8(3)6-9-10/h7-8H,4-6H2,1-3H3. The van der Waals surface area contributed by atoms with E-state index in [0.717, 1.165) is 12.3 Å². The molecule has 0 N–H and O–H groups in total. The first-order valence-corrected chi connectivity index (χ1v) is 3.96. The molecule has 0 fully saturated rings. The molecule has 0 rings (SSSR count). The molecule has 0 aliphatic carbocycles. The summed E-state index contributed by atoms with van der Waals surface area (Å²) in [7, 11) is 0. The van der Waals surface area contributed by atoms with E-state index in [1.165, 1.54) is 6.42 Å². The Bertz CT molecular complexity index is 91.3. The Kier molecular flexibility index (Phi) is 5.17. The van der Waals surface area contributed by atoms with Crippen LogP contribution >= 0.6 is 0 Å². The van der Waals surface area contributed by atoms with Crippen molar-refractivity contribution in [3.8, 4) is 0 Å². The quantitative estimate of drug-likeness (QED) is 0.544. The van der Waals surface area contributed by atoms with Crippen LogP contribution in [0.5, 0.6) is 0 Å². The Morgan fingerprint density at radius 2 is 1.80 bits per heavy atom. The molecule has 60 valence electrons. The summed E-state index contributed by atoms with van der Waals surface area (Å²) in [5.41, 5.74) is 0. The molecule has 0 radical (unpaired) electrons. The molecule has 1 atom stereocenters. The van der Waals surface area contributed by atoms with Gasteiger partial charge in [0.1, 0.15) is 0 Å². The third-order valence-corrected chi connectivity index (χ3v) is 1.62. The molecule has 2 nitrogen and oxygen atoms in total. The van der Waals surface area contributed by atoms with Gasteiger partial charge in [-0.15, -0.1) is 0 Å². The predicted molar refractivity (Wildman–Crippen MR) is 43.9 cm³/mol. The van der Waals surface area contributed by atoms with Crippen molar-refractivity contribution in [2.45, 2.75) is 33.6 Å². The number of hydrogen-bond acceptors (Lipinski definition) is 2. The average molecular weight is 143 g/mol. The van der Waals surface area contributed by atoms with Crippen LogP contribution in [0, 0.1) is 16.7 Å². The highest BCUT2D eigenvalue weighted by atomic mass is 16.3. The van der Waals surface area contributed by atoms with Crippen molar-refractivity contribution in [1.82, 2.24) is 0 Å². The summed E-state index contributed by atoms with van der Waals surface area (Å²) in [6, 6.07) is 0. The lowest BCUT2D eigenvalue weighted by Crippen LogP contribution is -2.00. The van der Waals surface area contributed by atoms with Gasteiger partial charge in [-0.25, -0.2) is 0 Å². The molecular weight excluding hydrogens is 126 g/mol. The van der Waals surface area contributed by atoms with Crippen LogP contribution in [-0.4, -0.2) is 6.54 Å². The van der Waals surface area contributed by atoms with Gasteiger partial charge in [-0.1, -0.05) is 32.4 Å². The smallest absolute Gasteiger partial charge is 0.0836 e. The van der Waals surface area contributed by atoms with E-state index >= 15 is 0 Å². The van der Waals surface area contributed by atoms with Gasteiger partial charge in [0.25, 0.3) is 0 Å². The monoisotopic (exact) mass is 143 g/mol. The van der Waals surface area contributed by atoms with E-state index in [1.54, 1.807) is 0 Å². The van der Waals surface area contributed by atoms with Gasteiger partial charge in [0.05, 0.1) is 6.54 Å². The summed E-state index contributed by atoms with van der Waals surface area (Å²) < 4.78 is 0. The maximum absolute atomic E-state index is 9.81. The molecule has 0 aromatic carbocycles. The summed E-state index contributed by atoms with van der Waals surface area (Å²) in [6.07, 6.45) is 2.33.